The second-order valence-corrected chi connectivity index (χ2v) is 3.67. The number of methoxy groups -OCH3 is 1. The fourth-order valence-corrected chi connectivity index (χ4v) is 1.52. The Hall–Kier alpha value is -0.880. The lowest BCUT2D eigenvalue weighted by Crippen LogP contribution is -2.29. The molecule has 0 saturated carbocycles. The van der Waals surface area contributed by atoms with Crippen molar-refractivity contribution in [3.8, 4) is 0 Å². The first kappa shape index (κ1) is 13.2. The number of hydrogen-bond acceptors (Lipinski definition) is 5. The molecule has 1 aromatic heterocycles. The van der Waals surface area contributed by atoms with E-state index in [0.29, 0.717) is 0 Å². The van der Waals surface area contributed by atoms with Crippen molar-refractivity contribution in [1.82, 2.24) is 4.98 Å². The Morgan fingerprint density at radius 2 is 2.06 bits per heavy atom. The second-order valence-electron chi connectivity index (χ2n) is 2.93. The van der Waals surface area contributed by atoms with E-state index in [1.165, 1.54) is 12.1 Å². The Morgan fingerprint density at radius 1 is 1.44 bits per heavy atom. The lowest BCUT2D eigenvalue weighted by molar-refractivity contribution is -0.156. The van der Waals surface area contributed by atoms with Crippen LogP contribution in [0.2, 0.25) is 10.3 Å². The van der Waals surface area contributed by atoms with Crippen molar-refractivity contribution in [1.29, 1.82) is 0 Å². The molecule has 88 valence electrons. The van der Waals surface area contributed by atoms with Crippen molar-refractivity contribution in [2.75, 3.05) is 7.11 Å². The van der Waals surface area contributed by atoms with Crippen molar-refractivity contribution in [2.24, 2.45) is 0 Å². The molecule has 16 heavy (non-hydrogen) atoms. The summed E-state index contributed by atoms with van der Waals surface area (Å²) in [5, 5.41) is 19.1. The molecule has 1 aromatic rings. The van der Waals surface area contributed by atoms with Crippen LogP contribution in [0.15, 0.2) is 12.1 Å². The van der Waals surface area contributed by atoms with Crippen LogP contribution in [0.5, 0.6) is 0 Å². The Bertz CT molecular complexity index is 399. The first-order chi connectivity index (χ1) is 7.47. The van der Waals surface area contributed by atoms with Crippen LogP contribution in [0.1, 0.15) is 11.7 Å². The molecule has 0 aliphatic carbocycles. The van der Waals surface area contributed by atoms with E-state index in [1.807, 2.05) is 0 Å². The number of aromatic nitrogens is 1. The number of ether oxygens (including phenoxy) is 1. The zero-order chi connectivity index (χ0) is 12.3. The van der Waals surface area contributed by atoms with E-state index in [1.54, 1.807) is 0 Å². The van der Waals surface area contributed by atoms with Crippen LogP contribution in [-0.2, 0) is 9.53 Å². The summed E-state index contributed by atoms with van der Waals surface area (Å²) in [7, 11) is 1.10. The Balaban J connectivity index is 2.96. The quantitative estimate of drug-likeness (QED) is 0.629. The average Bonchev–Trinajstić information content (AvgIpc) is 2.26. The molecule has 2 unspecified atom stereocenters. The summed E-state index contributed by atoms with van der Waals surface area (Å²) in [6.07, 6.45) is -3.23. The lowest BCUT2D eigenvalue weighted by Gasteiger charge is -2.16. The van der Waals surface area contributed by atoms with Gasteiger partial charge in [-0.3, -0.25) is 0 Å². The molecule has 0 bridgehead atoms. The topological polar surface area (TPSA) is 79.7 Å². The molecule has 0 radical (unpaired) electrons. The van der Waals surface area contributed by atoms with Crippen LogP contribution < -0.4 is 0 Å². The van der Waals surface area contributed by atoms with E-state index in [2.05, 4.69) is 9.72 Å². The monoisotopic (exact) mass is 265 g/mol. The highest BCUT2D eigenvalue weighted by Crippen LogP contribution is 2.25. The maximum absolute atomic E-state index is 11.0. The number of rotatable bonds is 3. The Morgan fingerprint density at radius 3 is 2.56 bits per heavy atom. The van der Waals surface area contributed by atoms with E-state index >= 15 is 0 Å². The minimum Gasteiger partial charge on any atom is -0.467 e. The van der Waals surface area contributed by atoms with Gasteiger partial charge in [0.05, 0.1) is 7.11 Å². The van der Waals surface area contributed by atoms with Gasteiger partial charge < -0.3 is 14.9 Å². The molecule has 0 aliphatic heterocycles. The van der Waals surface area contributed by atoms with Gasteiger partial charge >= 0.3 is 5.97 Å². The smallest absolute Gasteiger partial charge is 0.337 e. The molecule has 0 fully saturated rings. The van der Waals surface area contributed by atoms with Crippen LogP contribution >= 0.6 is 23.2 Å². The van der Waals surface area contributed by atoms with Gasteiger partial charge in [-0.15, -0.1) is 0 Å². The highest BCUT2D eigenvalue weighted by atomic mass is 35.5. The number of halogens is 2. The molecule has 7 heteroatoms. The first-order valence-corrected chi connectivity index (χ1v) is 4.99. The predicted octanol–water partition coefficient (Wildman–Crippen LogP) is 0.956. The van der Waals surface area contributed by atoms with Crippen LogP contribution in [0.4, 0.5) is 0 Å². The maximum atomic E-state index is 11.0. The predicted molar refractivity (Wildman–Crippen MR) is 57.2 cm³/mol. The summed E-state index contributed by atoms with van der Waals surface area (Å²) in [6, 6.07) is 2.75. The van der Waals surface area contributed by atoms with Crippen molar-refractivity contribution >= 4 is 29.2 Å². The van der Waals surface area contributed by atoms with Crippen molar-refractivity contribution in [3.63, 3.8) is 0 Å². The Labute approximate surface area is 102 Å². The van der Waals surface area contributed by atoms with Gasteiger partial charge in [0.15, 0.2) is 6.10 Å². The molecular weight excluding hydrogens is 257 g/mol. The fourth-order valence-electron chi connectivity index (χ4n) is 1.06. The number of carbonyl (C=O) groups is 1. The zero-order valence-corrected chi connectivity index (χ0v) is 9.74. The molecule has 2 atom stereocenters. The number of pyridine rings is 1. The number of hydrogen-bond donors (Lipinski definition) is 2. The molecular formula is C9H9Cl2NO4. The van der Waals surface area contributed by atoms with Gasteiger partial charge in [0.25, 0.3) is 0 Å². The van der Waals surface area contributed by atoms with E-state index < -0.39 is 18.2 Å². The summed E-state index contributed by atoms with van der Waals surface area (Å²) >= 11 is 11.3. The van der Waals surface area contributed by atoms with Gasteiger partial charge in [0.2, 0.25) is 0 Å². The largest absolute Gasteiger partial charge is 0.467 e. The van der Waals surface area contributed by atoms with E-state index in [4.69, 9.17) is 23.2 Å². The number of nitrogens with zero attached hydrogens (tertiary/aromatic N) is 1. The van der Waals surface area contributed by atoms with Crippen LogP contribution in [0, 0.1) is 0 Å². The molecule has 0 aliphatic rings. The highest BCUT2D eigenvalue weighted by molar-refractivity contribution is 6.32. The molecule has 2 N–H and O–H groups in total. The van der Waals surface area contributed by atoms with Gasteiger partial charge in [0, 0.05) is 5.56 Å². The summed E-state index contributed by atoms with van der Waals surface area (Å²) in [5.74, 6) is -0.960. The molecule has 1 rings (SSSR count). The van der Waals surface area contributed by atoms with Gasteiger partial charge in [-0.1, -0.05) is 29.3 Å². The molecule has 0 amide bonds. The summed E-state index contributed by atoms with van der Waals surface area (Å²) in [6.45, 7) is 0. The molecule has 0 aromatic carbocycles. The summed E-state index contributed by atoms with van der Waals surface area (Å²) in [5.41, 5.74) is 0.101. The molecule has 0 saturated heterocycles. The van der Waals surface area contributed by atoms with Crippen LogP contribution in [0.25, 0.3) is 0 Å². The maximum Gasteiger partial charge on any atom is 0.337 e. The highest BCUT2D eigenvalue weighted by Gasteiger charge is 2.28. The van der Waals surface area contributed by atoms with Gasteiger partial charge in [-0.05, 0) is 6.07 Å². The molecule has 5 nitrogen and oxygen atoms in total. The SMILES string of the molecule is COC(=O)C(O)C(O)c1ccc(Cl)nc1Cl. The van der Waals surface area contributed by atoms with Crippen molar-refractivity contribution < 1.29 is 19.7 Å². The number of aliphatic hydroxyl groups excluding tert-OH is 2. The second kappa shape index (κ2) is 5.45. The normalized spacial score (nSPS) is 14.3. The molecule has 1 heterocycles. The molecule has 0 spiro atoms. The number of aliphatic hydroxyl groups is 2. The standard InChI is InChI=1S/C9H9Cl2NO4/c1-16-9(15)7(14)6(13)4-2-3-5(10)12-8(4)11/h2-3,6-7,13-14H,1H3. The Kier molecular flexibility index (Phi) is 4.49. The van der Waals surface area contributed by atoms with E-state index in [9.17, 15) is 15.0 Å². The van der Waals surface area contributed by atoms with Gasteiger partial charge in [0.1, 0.15) is 16.4 Å². The average molecular weight is 266 g/mol. The third kappa shape index (κ3) is 2.82. The summed E-state index contributed by atoms with van der Waals surface area (Å²) in [4.78, 5) is 14.7. The first-order valence-electron chi connectivity index (χ1n) is 4.23. The third-order valence-corrected chi connectivity index (χ3v) is 2.42. The van der Waals surface area contributed by atoms with Crippen molar-refractivity contribution in [3.05, 3.63) is 28.0 Å². The zero-order valence-electron chi connectivity index (χ0n) is 8.22. The van der Waals surface area contributed by atoms with Crippen LogP contribution in [0.3, 0.4) is 0 Å². The fraction of sp³-hybridized carbons (Fsp3) is 0.333. The minimum atomic E-state index is -1.72. The van der Waals surface area contributed by atoms with Crippen LogP contribution in [-0.4, -0.2) is 34.4 Å². The summed E-state index contributed by atoms with van der Waals surface area (Å²) < 4.78 is 4.28. The van der Waals surface area contributed by atoms with Gasteiger partial charge in [-0.2, -0.15) is 0 Å². The minimum absolute atomic E-state index is 0.0806. The third-order valence-electron chi connectivity index (χ3n) is 1.90. The number of carbonyl (C=O) groups excluding carboxylic acids is 1. The van der Waals surface area contributed by atoms with Gasteiger partial charge in [-0.25, -0.2) is 9.78 Å². The van der Waals surface area contributed by atoms with E-state index in [0.717, 1.165) is 7.11 Å². The van der Waals surface area contributed by atoms with Crippen molar-refractivity contribution in [2.45, 2.75) is 12.2 Å². The number of esters is 1. The lowest BCUT2D eigenvalue weighted by atomic mass is 10.1. The van der Waals surface area contributed by atoms with E-state index in [-0.39, 0.29) is 15.9 Å².